The van der Waals surface area contributed by atoms with Crippen molar-refractivity contribution < 1.29 is 22.1 Å². The van der Waals surface area contributed by atoms with Crippen molar-refractivity contribution in [1.82, 2.24) is 0 Å². The van der Waals surface area contributed by atoms with Gasteiger partial charge < -0.3 is 9.64 Å². The number of hydrogen-bond acceptors (Lipinski definition) is 5. The topological polar surface area (TPSA) is 72.9 Å². The first-order chi connectivity index (χ1) is 10.9. The van der Waals surface area contributed by atoms with Gasteiger partial charge in [-0.1, -0.05) is 25.1 Å². The van der Waals surface area contributed by atoms with Gasteiger partial charge in [-0.3, -0.25) is 8.98 Å². The summed E-state index contributed by atoms with van der Waals surface area (Å²) in [6.07, 6.45) is -0.777. The van der Waals surface area contributed by atoms with E-state index in [9.17, 15) is 13.2 Å². The summed E-state index contributed by atoms with van der Waals surface area (Å²) in [5, 5.41) is 0. The van der Waals surface area contributed by atoms with E-state index in [0.717, 1.165) is 0 Å². The van der Waals surface area contributed by atoms with Crippen LogP contribution in [-0.4, -0.2) is 45.9 Å². The minimum Gasteiger partial charge on any atom is -0.383 e. The Hall–Kier alpha value is -1.44. The van der Waals surface area contributed by atoms with Crippen molar-refractivity contribution >= 4 is 21.7 Å². The lowest BCUT2D eigenvalue weighted by atomic mass is 10.1. The van der Waals surface area contributed by atoms with Gasteiger partial charge >= 0.3 is 0 Å². The molecule has 0 aliphatic carbocycles. The summed E-state index contributed by atoms with van der Waals surface area (Å²) in [6.45, 7) is 5.37. The summed E-state index contributed by atoms with van der Waals surface area (Å²) in [6, 6.07) is 8.83. The number of benzene rings is 1. The maximum absolute atomic E-state index is 12.9. The normalized spacial score (nSPS) is 14.3. The largest absolute Gasteiger partial charge is 0.383 e. The van der Waals surface area contributed by atoms with Gasteiger partial charge in [0.25, 0.3) is 16.0 Å². The molecule has 0 saturated heterocycles. The molecule has 1 aromatic carbocycles. The highest BCUT2D eigenvalue weighted by Crippen LogP contribution is 2.20. The van der Waals surface area contributed by atoms with E-state index >= 15 is 0 Å². The highest BCUT2D eigenvalue weighted by Gasteiger charge is 2.31. The summed E-state index contributed by atoms with van der Waals surface area (Å²) < 4.78 is 33.6. The van der Waals surface area contributed by atoms with E-state index in [-0.39, 0.29) is 24.1 Å². The van der Waals surface area contributed by atoms with Gasteiger partial charge in [0.15, 0.2) is 6.10 Å². The van der Waals surface area contributed by atoms with Crippen LogP contribution in [0.5, 0.6) is 0 Å². The lowest BCUT2D eigenvalue weighted by Gasteiger charge is -2.31. The Kier molecular flexibility index (Phi) is 7.67. The highest BCUT2D eigenvalue weighted by atomic mass is 32.2. The lowest BCUT2D eigenvalue weighted by Crippen LogP contribution is -2.47. The average molecular weight is 343 g/mol. The predicted molar refractivity (Wildman–Crippen MR) is 89.9 cm³/mol. The maximum atomic E-state index is 12.9. The van der Waals surface area contributed by atoms with Crippen LogP contribution in [0, 0.1) is 0 Å². The van der Waals surface area contributed by atoms with Crippen LogP contribution in [0.3, 0.4) is 0 Å². The second kappa shape index (κ2) is 9.00. The van der Waals surface area contributed by atoms with Gasteiger partial charge in [-0.25, -0.2) is 0 Å². The van der Waals surface area contributed by atoms with Gasteiger partial charge in [0.05, 0.1) is 18.4 Å². The molecule has 2 atom stereocenters. The number of amides is 1. The summed E-state index contributed by atoms with van der Waals surface area (Å²) in [4.78, 5) is 14.4. The number of carbonyl (C=O) groups excluding carboxylic acids is 1. The van der Waals surface area contributed by atoms with E-state index in [4.69, 9.17) is 8.92 Å². The monoisotopic (exact) mass is 343 g/mol. The van der Waals surface area contributed by atoms with Gasteiger partial charge in [-0.15, -0.1) is 0 Å². The first-order valence-electron chi connectivity index (χ1n) is 7.64. The molecule has 0 spiro atoms. The standard InChI is InChI=1S/C16H25NO5S/c1-5-15(22-23(19,20)6-2)16(18)17(13(3)12-21-4)14-10-8-7-9-11-14/h7-11,13,15H,5-6,12H2,1-4H3. The van der Waals surface area contributed by atoms with Gasteiger partial charge in [-0.05, 0) is 32.4 Å². The quantitative estimate of drug-likeness (QED) is 0.643. The number of ether oxygens (including phenoxy) is 1. The van der Waals surface area contributed by atoms with Crippen molar-refractivity contribution in [1.29, 1.82) is 0 Å². The molecule has 0 aliphatic heterocycles. The zero-order valence-electron chi connectivity index (χ0n) is 14.1. The molecule has 0 saturated carbocycles. The molecule has 2 unspecified atom stereocenters. The predicted octanol–water partition coefficient (Wildman–Crippen LogP) is 2.20. The van der Waals surface area contributed by atoms with Crippen LogP contribution in [0.4, 0.5) is 5.69 Å². The Labute approximate surface area is 138 Å². The van der Waals surface area contributed by atoms with E-state index in [1.54, 1.807) is 26.2 Å². The smallest absolute Gasteiger partial charge is 0.267 e. The molecule has 0 aliphatic rings. The van der Waals surface area contributed by atoms with Crippen molar-refractivity contribution in [2.24, 2.45) is 0 Å². The number of para-hydroxylation sites is 1. The van der Waals surface area contributed by atoms with Gasteiger partial charge in [0.1, 0.15) is 0 Å². The number of nitrogens with zero attached hydrogens (tertiary/aromatic N) is 1. The molecule has 6 nitrogen and oxygen atoms in total. The van der Waals surface area contributed by atoms with E-state index in [1.165, 1.54) is 11.8 Å². The highest BCUT2D eigenvalue weighted by molar-refractivity contribution is 7.86. The zero-order chi connectivity index (χ0) is 17.5. The van der Waals surface area contributed by atoms with Gasteiger partial charge in [0, 0.05) is 12.8 Å². The van der Waals surface area contributed by atoms with Crippen LogP contribution in [0.15, 0.2) is 30.3 Å². The van der Waals surface area contributed by atoms with Crippen LogP contribution in [-0.2, 0) is 23.8 Å². The third kappa shape index (κ3) is 5.60. The van der Waals surface area contributed by atoms with Crippen LogP contribution in [0.1, 0.15) is 27.2 Å². The summed E-state index contributed by atoms with van der Waals surface area (Å²) in [7, 11) is -2.15. The Morgan fingerprint density at radius 2 is 1.83 bits per heavy atom. The van der Waals surface area contributed by atoms with Gasteiger partial charge in [0.2, 0.25) is 0 Å². The molecule has 1 rings (SSSR count). The molecule has 0 fully saturated rings. The fraction of sp³-hybridized carbons (Fsp3) is 0.562. The van der Waals surface area contributed by atoms with Crippen molar-refractivity contribution in [3.8, 4) is 0 Å². The molecule has 1 amide bonds. The third-order valence-corrected chi connectivity index (χ3v) is 4.62. The van der Waals surface area contributed by atoms with Crippen LogP contribution in [0.25, 0.3) is 0 Å². The lowest BCUT2D eigenvalue weighted by molar-refractivity contribution is -0.126. The zero-order valence-corrected chi connectivity index (χ0v) is 14.9. The van der Waals surface area contributed by atoms with Crippen LogP contribution >= 0.6 is 0 Å². The van der Waals surface area contributed by atoms with E-state index in [1.807, 2.05) is 25.1 Å². The molecule has 1 aromatic rings. The van der Waals surface area contributed by atoms with Crippen molar-refractivity contribution in [2.45, 2.75) is 39.3 Å². The molecule has 7 heteroatoms. The molecule has 23 heavy (non-hydrogen) atoms. The molecule has 130 valence electrons. The third-order valence-electron chi connectivity index (χ3n) is 3.38. The maximum Gasteiger partial charge on any atom is 0.267 e. The average Bonchev–Trinajstić information content (AvgIpc) is 2.54. The van der Waals surface area contributed by atoms with Crippen molar-refractivity contribution in [3.05, 3.63) is 30.3 Å². The summed E-state index contributed by atoms with van der Waals surface area (Å²) in [5.41, 5.74) is 0.679. The molecular weight excluding hydrogens is 318 g/mol. The molecule has 0 heterocycles. The SMILES string of the molecule is CCC(OS(=O)(=O)CC)C(=O)N(c1ccccc1)C(C)COC. The fourth-order valence-electron chi connectivity index (χ4n) is 2.19. The second-order valence-corrected chi connectivity index (χ2v) is 7.07. The molecule has 0 radical (unpaired) electrons. The Morgan fingerprint density at radius 1 is 1.22 bits per heavy atom. The fourth-order valence-corrected chi connectivity index (χ4v) is 2.90. The van der Waals surface area contributed by atoms with Crippen molar-refractivity contribution in [2.75, 3.05) is 24.4 Å². The number of anilines is 1. The first kappa shape index (κ1) is 19.6. The van der Waals surface area contributed by atoms with Crippen molar-refractivity contribution in [3.63, 3.8) is 0 Å². The number of rotatable bonds is 9. The molecule has 0 N–H and O–H groups in total. The summed E-state index contributed by atoms with van der Waals surface area (Å²) in [5.74, 6) is -0.560. The minimum atomic E-state index is -3.71. The van der Waals surface area contributed by atoms with Crippen LogP contribution in [0.2, 0.25) is 0 Å². The number of hydrogen-bond donors (Lipinski definition) is 0. The van der Waals surface area contributed by atoms with Crippen LogP contribution < -0.4 is 4.90 Å². The number of methoxy groups -OCH3 is 1. The molecular formula is C16H25NO5S. The molecule has 0 aromatic heterocycles. The number of carbonyl (C=O) groups is 1. The Balaban J connectivity index is 3.11. The summed E-state index contributed by atoms with van der Waals surface area (Å²) >= 11 is 0. The second-order valence-electron chi connectivity index (χ2n) is 5.19. The van der Waals surface area contributed by atoms with E-state index < -0.39 is 16.2 Å². The Morgan fingerprint density at radius 3 is 2.30 bits per heavy atom. The first-order valence-corrected chi connectivity index (χ1v) is 9.22. The minimum absolute atomic E-state index is 0.171. The van der Waals surface area contributed by atoms with E-state index in [0.29, 0.717) is 12.3 Å². The van der Waals surface area contributed by atoms with E-state index in [2.05, 4.69) is 0 Å². The van der Waals surface area contributed by atoms with Gasteiger partial charge in [-0.2, -0.15) is 8.42 Å². The molecule has 0 bridgehead atoms. The Bertz CT molecular complexity index is 588.